The van der Waals surface area contributed by atoms with Crippen LogP contribution in [0.4, 0.5) is 0 Å². The summed E-state index contributed by atoms with van der Waals surface area (Å²) in [5.74, 6) is 0. The minimum atomic E-state index is 0. The largest absolute Gasteiger partial charge is 2.00 e. The molecule has 0 saturated carbocycles. The van der Waals surface area contributed by atoms with Crippen molar-refractivity contribution in [1.82, 2.24) is 0 Å². The maximum absolute atomic E-state index is 2.32. The smallest absolute Gasteiger partial charge is 2.00 e. The molecule has 48 valence electrons. The molecule has 1 nitrogen and oxygen atoms in total. The van der Waals surface area contributed by atoms with Gasteiger partial charge in [0.15, 0.2) is 0 Å². The van der Waals surface area contributed by atoms with Crippen molar-refractivity contribution in [1.29, 1.82) is 0 Å². The summed E-state index contributed by atoms with van der Waals surface area (Å²) in [6, 6.07) is 0. The van der Waals surface area contributed by atoms with Crippen molar-refractivity contribution >= 4 is 0 Å². The minimum Gasteiger partial charge on any atom is -2.00 e. The molecule has 0 unspecified atom stereocenters. The zero-order chi connectivity index (χ0) is 5.86. The Morgan fingerprint density at radius 1 is 0.875 bits per heavy atom. The van der Waals surface area contributed by atoms with Gasteiger partial charge in [0.05, 0.1) is 0 Å². The third-order valence-electron chi connectivity index (χ3n) is 0.667. The van der Waals surface area contributed by atoms with Gasteiger partial charge in [0.25, 0.3) is 0 Å². The Labute approximate surface area is 61.1 Å². The Hall–Kier alpha value is 0.674. The normalized spacial score (nSPS) is 8.75. The second kappa shape index (κ2) is 5.80. The van der Waals surface area contributed by atoms with Gasteiger partial charge in [-0.25, -0.2) is 0 Å². The van der Waals surface area contributed by atoms with Gasteiger partial charge in [-0.05, 0) is 0 Å². The molecule has 0 fully saturated rings. The van der Waals surface area contributed by atoms with Crippen LogP contribution in [0.1, 0.15) is 27.7 Å². The van der Waals surface area contributed by atoms with E-state index in [1.807, 2.05) is 0 Å². The zero-order valence-corrected chi connectivity index (χ0v) is 7.62. The van der Waals surface area contributed by atoms with Gasteiger partial charge in [-0.15, -0.1) is 0 Å². The zero-order valence-electron chi connectivity index (χ0n) is 6.06. The van der Waals surface area contributed by atoms with Crippen LogP contribution in [0.2, 0.25) is 8.45 Å². The molecule has 0 spiro atoms. The minimum absolute atomic E-state index is 0. The monoisotopic (exact) mass is 150 g/mol. The molecule has 0 rings (SSSR count). The maximum Gasteiger partial charge on any atom is -2.00 e. The van der Waals surface area contributed by atoms with E-state index in [1.54, 1.807) is 0 Å². The molecule has 0 aromatic rings. The first-order valence-corrected chi connectivity index (χ1v) is 4.69. The molecule has 0 aliphatic carbocycles. The molecule has 0 N–H and O–H groups in total. The predicted octanol–water partition coefficient (Wildman–Crippen LogP) is 2.61. The molecule has 0 bridgehead atoms. The summed E-state index contributed by atoms with van der Waals surface area (Å²) in [7, 11) is 0. The molecule has 0 amide bonds. The van der Waals surface area contributed by atoms with Crippen LogP contribution < -0.4 is 0 Å². The molecular weight excluding hydrogens is 136 g/mol. The summed E-state index contributed by atoms with van der Waals surface area (Å²) in [6.45, 7) is 9.28. The Morgan fingerprint density at radius 3 is 1.12 bits per heavy atom. The van der Waals surface area contributed by atoms with Crippen LogP contribution in [-0.2, 0) is 24.6 Å². The SMILES string of the molecule is C[CH](C)[Ti+2][CH](C)C.[O-2]. The Bertz CT molecular complexity index is 37.8. The van der Waals surface area contributed by atoms with Crippen LogP contribution >= 0.6 is 0 Å². The van der Waals surface area contributed by atoms with E-state index >= 15 is 0 Å². The summed E-state index contributed by atoms with van der Waals surface area (Å²) < 4.78 is 2.00. The first-order chi connectivity index (χ1) is 3.13. The van der Waals surface area contributed by atoms with Crippen LogP contribution in [0, 0.1) is 0 Å². The van der Waals surface area contributed by atoms with Crippen LogP contribution in [0.25, 0.3) is 0 Å². The first-order valence-electron chi connectivity index (χ1n) is 2.89. The molecule has 0 heterocycles. The molecule has 0 aliphatic heterocycles. The van der Waals surface area contributed by atoms with Crippen LogP contribution in [-0.4, -0.2) is 0 Å². The molecule has 0 aromatic heterocycles. The van der Waals surface area contributed by atoms with E-state index in [-0.39, 0.29) is 5.48 Å². The Morgan fingerprint density at radius 2 is 1.12 bits per heavy atom. The van der Waals surface area contributed by atoms with Gasteiger partial charge in [0.1, 0.15) is 0 Å². The van der Waals surface area contributed by atoms with Crippen molar-refractivity contribution in [3.63, 3.8) is 0 Å². The van der Waals surface area contributed by atoms with Gasteiger partial charge in [-0.1, -0.05) is 0 Å². The van der Waals surface area contributed by atoms with Crippen molar-refractivity contribution in [3.05, 3.63) is 0 Å². The number of rotatable bonds is 2. The van der Waals surface area contributed by atoms with E-state index < -0.39 is 0 Å². The summed E-state index contributed by atoms with van der Waals surface area (Å²) in [5.41, 5.74) is 0. The summed E-state index contributed by atoms with van der Waals surface area (Å²) in [6.07, 6.45) is 0. The average Bonchev–Trinajstić information content (AvgIpc) is 1.27. The maximum atomic E-state index is 2.32. The molecule has 0 aliphatic rings. The standard InChI is InChI=1S/2C3H7.O.Ti/c2*1-3-2;;/h2*3H,1-2H3;;/q;;-2;+2. The van der Waals surface area contributed by atoms with Crippen LogP contribution in [0.15, 0.2) is 0 Å². The molecular formula is C6H14OTi. The van der Waals surface area contributed by atoms with E-state index in [4.69, 9.17) is 0 Å². The van der Waals surface area contributed by atoms with Crippen molar-refractivity contribution in [2.24, 2.45) is 0 Å². The van der Waals surface area contributed by atoms with Gasteiger partial charge in [-0.2, -0.15) is 0 Å². The van der Waals surface area contributed by atoms with Gasteiger partial charge in [-0.3, -0.25) is 0 Å². The third kappa shape index (κ3) is 9.84. The number of hydrogen-bond donors (Lipinski definition) is 0. The van der Waals surface area contributed by atoms with Crippen LogP contribution in [0.3, 0.4) is 0 Å². The van der Waals surface area contributed by atoms with Crippen molar-refractivity contribution in [3.8, 4) is 0 Å². The molecule has 0 atom stereocenters. The second-order valence-corrected chi connectivity index (χ2v) is 6.60. The fraction of sp³-hybridized carbons (Fsp3) is 1.00. The number of hydrogen-bond acceptors (Lipinski definition) is 0. The summed E-state index contributed by atoms with van der Waals surface area (Å²) >= 11 is 0.389. The quantitative estimate of drug-likeness (QED) is 0.541. The molecule has 2 heteroatoms. The summed E-state index contributed by atoms with van der Waals surface area (Å²) in [5, 5.41) is 0. The van der Waals surface area contributed by atoms with Crippen LogP contribution in [0.5, 0.6) is 0 Å². The molecule has 0 radical (unpaired) electrons. The second-order valence-electron chi connectivity index (χ2n) is 2.48. The van der Waals surface area contributed by atoms with E-state index in [9.17, 15) is 0 Å². The molecule has 8 heavy (non-hydrogen) atoms. The van der Waals surface area contributed by atoms with Gasteiger partial charge < -0.3 is 5.48 Å². The fourth-order valence-corrected chi connectivity index (χ4v) is 2.75. The molecule has 0 saturated heterocycles. The van der Waals surface area contributed by atoms with Crippen molar-refractivity contribution < 1.29 is 24.6 Å². The average molecular weight is 150 g/mol. The Balaban J connectivity index is 0. The molecule has 0 aromatic carbocycles. The van der Waals surface area contributed by atoms with Gasteiger partial charge in [0.2, 0.25) is 0 Å². The van der Waals surface area contributed by atoms with Crippen molar-refractivity contribution in [2.45, 2.75) is 36.1 Å². The summed E-state index contributed by atoms with van der Waals surface area (Å²) in [4.78, 5) is 0. The van der Waals surface area contributed by atoms with Crippen molar-refractivity contribution in [2.75, 3.05) is 0 Å². The van der Waals surface area contributed by atoms with E-state index in [0.29, 0.717) is 19.2 Å². The first kappa shape index (κ1) is 11.5. The van der Waals surface area contributed by atoms with E-state index in [2.05, 4.69) is 27.7 Å². The fourth-order valence-electron chi connectivity index (χ4n) is 0.667. The van der Waals surface area contributed by atoms with Gasteiger partial charge in [0, 0.05) is 0 Å². The van der Waals surface area contributed by atoms with E-state index in [1.165, 1.54) is 0 Å². The van der Waals surface area contributed by atoms with E-state index in [0.717, 1.165) is 8.45 Å². The third-order valence-corrected chi connectivity index (χ3v) is 2.75. The predicted molar refractivity (Wildman–Crippen MR) is 30.9 cm³/mol. The van der Waals surface area contributed by atoms with Gasteiger partial charge >= 0.3 is 55.3 Å². The topological polar surface area (TPSA) is 28.5 Å². The Kier molecular flexibility index (Phi) is 8.32.